The lowest BCUT2D eigenvalue weighted by Crippen LogP contribution is -2.31. The highest BCUT2D eigenvalue weighted by atomic mass is 16.6. The van der Waals surface area contributed by atoms with Crippen molar-refractivity contribution in [3.8, 4) is 0 Å². The number of nitrogens with zero attached hydrogens (tertiary/aromatic N) is 4. The lowest BCUT2D eigenvalue weighted by Gasteiger charge is -2.23. The number of benzene rings is 2. The first kappa shape index (κ1) is 13.3. The Bertz CT molecular complexity index is 962. The number of guanidine groups is 1. The van der Waals surface area contributed by atoms with E-state index in [1.807, 2.05) is 28.8 Å². The van der Waals surface area contributed by atoms with Crippen LogP contribution in [0.3, 0.4) is 0 Å². The summed E-state index contributed by atoms with van der Waals surface area (Å²) in [6.45, 7) is 0. The Hall–Kier alpha value is -3.42. The Morgan fingerprint density at radius 2 is 1.91 bits per heavy atom. The van der Waals surface area contributed by atoms with Gasteiger partial charge >= 0.3 is 0 Å². The summed E-state index contributed by atoms with van der Waals surface area (Å²) in [5.41, 5.74) is 7.90. The number of nitrogens with one attached hydrogen (secondary N) is 1. The molecular weight excluding hydrogens is 296 g/mol. The molecule has 4 rings (SSSR count). The fraction of sp³-hybridized carbons (Fsp3) is 0.0667. The van der Waals surface area contributed by atoms with Crippen LogP contribution in [0, 0.1) is 10.1 Å². The monoisotopic (exact) mass is 308 g/mol. The fourth-order valence-electron chi connectivity index (χ4n) is 2.80. The third-order valence-corrected chi connectivity index (χ3v) is 3.75. The van der Waals surface area contributed by atoms with E-state index in [4.69, 9.17) is 5.73 Å². The van der Waals surface area contributed by atoms with E-state index in [1.165, 1.54) is 6.07 Å². The second-order valence-corrected chi connectivity index (χ2v) is 5.12. The van der Waals surface area contributed by atoms with Gasteiger partial charge in [0.05, 0.1) is 21.5 Å². The van der Waals surface area contributed by atoms with E-state index in [0.717, 1.165) is 11.0 Å². The molecule has 1 atom stereocenters. The Morgan fingerprint density at radius 3 is 2.74 bits per heavy atom. The zero-order valence-electron chi connectivity index (χ0n) is 11.9. The van der Waals surface area contributed by atoms with E-state index in [-0.39, 0.29) is 11.6 Å². The molecule has 1 aromatic heterocycles. The molecule has 0 unspecified atom stereocenters. The van der Waals surface area contributed by atoms with E-state index in [1.54, 1.807) is 18.2 Å². The summed E-state index contributed by atoms with van der Waals surface area (Å²) in [6.07, 6.45) is -0.639. The molecule has 0 fully saturated rings. The summed E-state index contributed by atoms with van der Waals surface area (Å²) < 4.78 is 1.81. The number of nitro benzene ring substituents is 1. The molecule has 0 saturated heterocycles. The van der Waals surface area contributed by atoms with Crippen molar-refractivity contribution in [2.24, 2.45) is 10.7 Å². The van der Waals surface area contributed by atoms with Gasteiger partial charge in [0, 0.05) is 6.07 Å². The third-order valence-electron chi connectivity index (χ3n) is 3.75. The van der Waals surface area contributed by atoms with Crippen molar-refractivity contribution in [3.05, 3.63) is 64.2 Å². The number of rotatable bonds is 2. The lowest BCUT2D eigenvalue weighted by molar-refractivity contribution is -0.385. The van der Waals surface area contributed by atoms with Crippen LogP contribution in [0.1, 0.15) is 11.7 Å². The van der Waals surface area contributed by atoms with Crippen molar-refractivity contribution >= 4 is 28.6 Å². The summed E-state index contributed by atoms with van der Waals surface area (Å²) in [6, 6.07) is 14.0. The summed E-state index contributed by atoms with van der Waals surface area (Å²) in [4.78, 5) is 19.8. The van der Waals surface area contributed by atoms with Crippen molar-refractivity contribution in [1.82, 2.24) is 9.55 Å². The largest absolute Gasteiger partial charge is 0.370 e. The Balaban J connectivity index is 2.00. The van der Waals surface area contributed by atoms with Gasteiger partial charge in [-0.3, -0.25) is 20.0 Å². The minimum absolute atomic E-state index is 0.000295. The van der Waals surface area contributed by atoms with E-state index in [2.05, 4.69) is 15.3 Å². The summed E-state index contributed by atoms with van der Waals surface area (Å²) in [5, 5.41) is 14.3. The Kier molecular flexibility index (Phi) is 2.77. The average Bonchev–Trinajstić information content (AvgIpc) is 2.92. The first-order valence-electron chi connectivity index (χ1n) is 6.96. The predicted octanol–water partition coefficient (Wildman–Crippen LogP) is 2.23. The Labute approximate surface area is 130 Å². The summed E-state index contributed by atoms with van der Waals surface area (Å²) in [7, 11) is 0. The van der Waals surface area contributed by atoms with Gasteiger partial charge in [0.2, 0.25) is 5.95 Å². The number of para-hydroxylation sites is 3. The van der Waals surface area contributed by atoms with Crippen LogP contribution in [0.2, 0.25) is 0 Å². The molecule has 0 spiro atoms. The topological polar surface area (TPSA) is 111 Å². The van der Waals surface area contributed by atoms with Gasteiger partial charge in [0.15, 0.2) is 12.1 Å². The van der Waals surface area contributed by atoms with E-state index in [0.29, 0.717) is 11.5 Å². The standard InChI is InChI=1S/C15H12N6O2/c16-14-18-13(9-5-1-3-7-11(9)21(22)23)20-12-8-4-2-6-10(12)17-15(20)19-14/h1-8,13H,(H3,16,17,18,19)/t13-/m0/s1. The Morgan fingerprint density at radius 1 is 1.17 bits per heavy atom. The zero-order valence-corrected chi connectivity index (χ0v) is 11.9. The van der Waals surface area contributed by atoms with Gasteiger partial charge in [-0.15, -0.1) is 0 Å². The first-order valence-corrected chi connectivity index (χ1v) is 6.96. The van der Waals surface area contributed by atoms with Gasteiger partial charge < -0.3 is 5.73 Å². The number of hydrogen-bond acceptors (Lipinski definition) is 6. The van der Waals surface area contributed by atoms with E-state index in [9.17, 15) is 10.1 Å². The van der Waals surface area contributed by atoms with Crippen LogP contribution in [0.5, 0.6) is 0 Å². The van der Waals surface area contributed by atoms with Crippen molar-refractivity contribution < 1.29 is 4.92 Å². The van der Waals surface area contributed by atoms with Crippen LogP contribution >= 0.6 is 0 Å². The predicted molar refractivity (Wildman–Crippen MR) is 86.2 cm³/mol. The third kappa shape index (κ3) is 2.00. The summed E-state index contributed by atoms with van der Waals surface area (Å²) >= 11 is 0. The van der Waals surface area contributed by atoms with Gasteiger partial charge in [-0.2, -0.15) is 0 Å². The number of imidazole rings is 1. The molecule has 1 aliphatic heterocycles. The number of nitro groups is 1. The molecular formula is C15H12N6O2. The molecule has 8 nitrogen and oxygen atoms in total. The van der Waals surface area contributed by atoms with Gasteiger partial charge in [0.1, 0.15) is 0 Å². The lowest BCUT2D eigenvalue weighted by atomic mass is 10.1. The zero-order chi connectivity index (χ0) is 16.0. The van der Waals surface area contributed by atoms with Crippen LogP contribution in [0.25, 0.3) is 11.0 Å². The van der Waals surface area contributed by atoms with E-state index >= 15 is 0 Å². The first-order chi connectivity index (χ1) is 11.1. The number of fused-ring (bicyclic) bond motifs is 3. The molecule has 23 heavy (non-hydrogen) atoms. The number of anilines is 1. The van der Waals surface area contributed by atoms with Crippen LogP contribution in [0.15, 0.2) is 53.5 Å². The van der Waals surface area contributed by atoms with Gasteiger partial charge in [-0.05, 0) is 18.2 Å². The van der Waals surface area contributed by atoms with E-state index < -0.39 is 11.1 Å². The molecule has 1 aliphatic rings. The SMILES string of the molecule is NC1=N[C@H](c2ccccc2[N+](=O)[O-])n2c(nc3ccccc32)N1. The van der Waals surface area contributed by atoms with Crippen LogP contribution in [-0.2, 0) is 0 Å². The van der Waals surface area contributed by atoms with Crippen molar-refractivity contribution in [2.45, 2.75) is 6.17 Å². The van der Waals surface area contributed by atoms with Gasteiger partial charge in [-0.25, -0.2) is 9.98 Å². The highest BCUT2D eigenvalue weighted by Gasteiger charge is 2.29. The maximum atomic E-state index is 11.3. The average molecular weight is 308 g/mol. The quantitative estimate of drug-likeness (QED) is 0.557. The molecule has 0 saturated carbocycles. The molecule has 3 aromatic rings. The molecule has 0 amide bonds. The second-order valence-electron chi connectivity index (χ2n) is 5.12. The molecule has 0 aliphatic carbocycles. The minimum atomic E-state index is -0.639. The molecule has 2 aromatic carbocycles. The molecule has 0 radical (unpaired) electrons. The normalized spacial score (nSPS) is 16.5. The molecule has 8 heteroatoms. The number of aliphatic imine (C=N–C) groups is 1. The summed E-state index contributed by atoms with van der Waals surface area (Å²) in [5.74, 6) is 0.692. The fourth-order valence-corrected chi connectivity index (χ4v) is 2.80. The maximum Gasteiger partial charge on any atom is 0.276 e. The molecule has 3 N–H and O–H groups in total. The van der Waals surface area contributed by atoms with Gasteiger partial charge in [-0.1, -0.05) is 24.3 Å². The van der Waals surface area contributed by atoms with Crippen LogP contribution in [-0.4, -0.2) is 20.4 Å². The smallest absolute Gasteiger partial charge is 0.276 e. The van der Waals surface area contributed by atoms with Crippen LogP contribution < -0.4 is 11.1 Å². The number of aromatic nitrogens is 2. The minimum Gasteiger partial charge on any atom is -0.370 e. The highest BCUT2D eigenvalue weighted by Crippen LogP contribution is 2.35. The van der Waals surface area contributed by atoms with Crippen molar-refractivity contribution in [1.29, 1.82) is 0 Å². The molecule has 0 bridgehead atoms. The van der Waals surface area contributed by atoms with Crippen molar-refractivity contribution in [3.63, 3.8) is 0 Å². The maximum absolute atomic E-state index is 11.3. The van der Waals surface area contributed by atoms with Crippen molar-refractivity contribution in [2.75, 3.05) is 5.32 Å². The molecule has 2 heterocycles. The second kappa shape index (κ2) is 4.80. The molecule has 114 valence electrons. The number of nitrogens with two attached hydrogens (primary N) is 1. The van der Waals surface area contributed by atoms with Crippen LogP contribution in [0.4, 0.5) is 11.6 Å². The number of hydrogen-bond donors (Lipinski definition) is 2. The highest BCUT2D eigenvalue weighted by molar-refractivity contribution is 5.94. The van der Waals surface area contributed by atoms with Gasteiger partial charge in [0.25, 0.3) is 5.69 Å².